The molecule has 1 fully saturated rings. The van der Waals surface area contributed by atoms with Gasteiger partial charge in [-0.05, 0) is 67.9 Å². The first-order valence-corrected chi connectivity index (χ1v) is 19.4. The second kappa shape index (κ2) is 21.8. The molecule has 252 valence electrons. The maximum absolute atomic E-state index is 12.2. The monoisotopic (exact) mass is 664 g/mol. The zero-order chi connectivity index (χ0) is 32.2. The third-order valence-electron chi connectivity index (χ3n) is 9.21. The number of carbonyl (C=O) groups is 1. The summed E-state index contributed by atoms with van der Waals surface area (Å²) in [4.78, 5) is 19.7. The molecule has 2 aliphatic heterocycles. The van der Waals surface area contributed by atoms with Crippen molar-refractivity contribution < 1.29 is 9.53 Å². The Balaban J connectivity index is 1.00. The molecular weight excluding hydrogens is 608 g/mol. The number of unbranched alkanes of at least 4 members (excludes halogenated alkanes) is 11. The number of rotatable bonds is 21. The van der Waals surface area contributed by atoms with Crippen molar-refractivity contribution in [3.8, 4) is 0 Å². The van der Waals surface area contributed by atoms with E-state index >= 15 is 0 Å². The molecular formula is C40H57ClN2O2S. The molecule has 0 atom stereocenters. The number of esters is 1. The van der Waals surface area contributed by atoms with Crippen molar-refractivity contribution in [2.75, 3.05) is 45.9 Å². The fourth-order valence-corrected chi connectivity index (χ4v) is 7.90. The van der Waals surface area contributed by atoms with Gasteiger partial charge in [0.15, 0.2) is 0 Å². The summed E-state index contributed by atoms with van der Waals surface area (Å²) in [5.41, 5.74) is 3.71. The Morgan fingerprint density at radius 3 is 2.13 bits per heavy atom. The fraction of sp³-hybridized carbons (Fsp3) is 0.575. The lowest BCUT2D eigenvalue weighted by molar-refractivity contribution is -0.144. The van der Waals surface area contributed by atoms with Gasteiger partial charge in [0, 0.05) is 66.1 Å². The number of hydrogen-bond acceptors (Lipinski definition) is 5. The van der Waals surface area contributed by atoms with Gasteiger partial charge in [0.25, 0.3) is 0 Å². The van der Waals surface area contributed by atoms with Crippen molar-refractivity contribution in [3.05, 3.63) is 76.8 Å². The van der Waals surface area contributed by atoms with Crippen molar-refractivity contribution >= 4 is 34.9 Å². The standard InChI is InChI=1S/C40H57ClN2O2S/c1-2-3-4-5-6-7-8-9-10-11-12-13-14-15-16-26-39(44)45-33-32-43-30-28-42(29-31-43)27-20-22-35-34-21-17-18-24-37(34)46-38-25-19-23-36(41)40(35)38/h9-10,17-19,21-25H,2-8,11-16,20,26-33H2,1H3/b10-9-,35-22-. The zero-order valence-corrected chi connectivity index (χ0v) is 29.9. The number of ether oxygens (including phenoxy) is 1. The van der Waals surface area contributed by atoms with Crippen LogP contribution in [0.3, 0.4) is 0 Å². The van der Waals surface area contributed by atoms with Gasteiger partial charge in [0.1, 0.15) is 6.61 Å². The van der Waals surface area contributed by atoms with Crippen molar-refractivity contribution in [2.24, 2.45) is 0 Å². The van der Waals surface area contributed by atoms with Crippen LogP contribution in [-0.2, 0) is 9.53 Å². The van der Waals surface area contributed by atoms with E-state index in [9.17, 15) is 4.79 Å². The van der Waals surface area contributed by atoms with Crippen LogP contribution in [0, 0.1) is 0 Å². The molecule has 6 heteroatoms. The number of benzene rings is 2. The average Bonchev–Trinajstić information content (AvgIpc) is 3.07. The minimum Gasteiger partial charge on any atom is -0.464 e. The summed E-state index contributed by atoms with van der Waals surface area (Å²) in [6.45, 7) is 8.80. The van der Waals surface area contributed by atoms with Crippen LogP contribution in [0.4, 0.5) is 0 Å². The lowest BCUT2D eigenvalue weighted by atomic mass is 9.96. The minimum atomic E-state index is -0.0336. The van der Waals surface area contributed by atoms with Crippen molar-refractivity contribution in [2.45, 2.75) is 113 Å². The van der Waals surface area contributed by atoms with Gasteiger partial charge in [0.2, 0.25) is 0 Å². The van der Waals surface area contributed by atoms with Crippen LogP contribution in [0.5, 0.6) is 0 Å². The maximum atomic E-state index is 12.2. The lowest BCUT2D eigenvalue weighted by Crippen LogP contribution is -2.47. The molecule has 0 N–H and O–H groups in total. The summed E-state index contributed by atoms with van der Waals surface area (Å²) in [5, 5.41) is 0.827. The SMILES string of the molecule is CCCCCCCC/C=C\CCCCCCCC(=O)OCCN1CCN(CC/C=C2/c3ccccc3Sc3cccc(Cl)c32)CC1. The Labute approximate surface area is 289 Å². The first-order chi connectivity index (χ1) is 22.7. The Hall–Kier alpha value is -2.05. The largest absolute Gasteiger partial charge is 0.464 e. The van der Waals surface area contributed by atoms with E-state index in [4.69, 9.17) is 16.3 Å². The van der Waals surface area contributed by atoms with Gasteiger partial charge >= 0.3 is 5.97 Å². The predicted octanol–water partition coefficient (Wildman–Crippen LogP) is 10.8. The number of fused-ring (bicyclic) bond motifs is 2. The van der Waals surface area contributed by atoms with Crippen LogP contribution in [0.1, 0.15) is 114 Å². The van der Waals surface area contributed by atoms with E-state index in [1.54, 1.807) is 0 Å². The molecule has 0 unspecified atom stereocenters. The average molecular weight is 665 g/mol. The first-order valence-electron chi connectivity index (χ1n) is 18.2. The summed E-state index contributed by atoms with van der Waals surface area (Å²) in [6, 6.07) is 14.9. The Kier molecular flexibility index (Phi) is 17.4. The molecule has 0 aromatic heterocycles. The van der Waals surface area contributed by atoms with Crippen LogP contribution in [0.2, 0.25) is 5.02 Å². The molecule has 4 rings (SSSR count). The smallest absolute Gasteiger partial charge is 0.305 e. The molecule has 0 aliphatic carbocycles. The van der Waals surface area contributed by atoms with E-state index in [0.717, 1.165) is 63.6 Å². The normalized spacial score (nSPS) is 16.2. The molecule has 2 aliphatic rings. The summed E-state index contributed by atoms with van der Waals surface area (Å²) >= 11 is 8.49. The summed E-state index contributed by atoms with van der Waals surface area (Å²) in [5.74, 6) is -0.0336. The van der Waals surface area contributed by atoms with Gasteiger partial charge in [-0.2, -0.15) is 0 Å². The molecule has 2 aromatic rings. The van der Waals surface area contributed by atoms with Gasteiger partial charge in [-0.3, -0.25) is 9.69 Å². The van der Waals surface area contributed by atoms with Gasteiger partial charge in [0.05, 0.1) is 0 Å². The molecule has 0 amide bonds. The second-order valence-electron chi connectivity index (χ2n) is 12.9. The molecule has 0 saturated carbocycles. The second-order valence-corrected chi connectivity index (χ2v) is 14.3. The number of piperazine rings is 1. The molecule has 46 heavy (non-hydrogen) atoms. The highest BCUT2D eigenvalue weighted by molar-refractivity contribution is 7.99. The predicted molar refractivity (Wildman–Crippen MR) is 197 cm³/mol. The van der Waals surface area contributed by atoms with Crippen LogP contribution in [-0.4, -0.2) is 61.6 Å². The van der Waals surface area contributed by atoms with Crippen LogP contribution >= 0.6 is 23.4 Å². The van der Waals surface area contributed by atoms with Crippen molar-refractivity contribution in [1.29, 1.82) is 0 Å². The Bertz CT molecular complexity index is 1240. The van der Waals surface area contributed by atoms with E-state index in [-0.39, 0.29) is 5.97 Å². The Morgan fingerprint density at radius 2 is 1.39 bits per heavy atom. The Morgan fingerprint density at radius 1 is 0.761 bits per heavy atom. The molecule has 1 saturated heterocycles. The summed E-state index contributed by atoms with van der Waals surface area (Å²) < 4.78 is 5.57. The summed E-state index contributed by atoms with van der Waals surface area (Å²) in [6.07, 6.45) is 25.2. The first kappa shape index (κ1) is 36.8. The van der Waals surface area contributed by atoms with Crippen molar-refractivity contribution in [1.82, 2.24) is 9.80 Å². The minimum absolute atomic E-state index is 0.0336. The highest BCUT2D eigenvalue weighted by atomic mass is 35.5. The molecule has 0 radical (unpaired) electrons. The molecule has 2 heterocycles. The van der Waals surface area contributed by atoms with Gasteiger partial charge in [-0.25, -0.2) is 0 Å². The number of nitrogens with zero attached hydrogens (tertiary/aromatic N) is 2. The topological polar surface area (TPSA) is 32.8 Å². The number of hydrogen-bond donors (Lipinski definition) is 0. The van der Waals surface area contributed by atoms with Gasteiger partial charge < -0.3 is 9.64 Å². The molecule has 0 spiro atoms. The van der Waals surface area contributed by atoms with E-state index in [2.05, 4.69) is 65.3 Å². The van der Waals surface area contributed by atoms with E-state index in [1.807, 2.05) is 23.9 Å². The zero-order valence-electron chi connectivity index (χ0n) is 28.3. The molecule has 0 bridgehead atoms. The van der Waals surface area contributed by atoms with E-state index < -0.39 is 0 Å². The van der Waals surface area contributed by atoms with Gasteiger partial charge in [-0.15, -0.1) is 0 Å². The number of halogens is 1. The molecule has 4 nitrogen and oxygen atoms in total. The van der Waals surface area contributed by atoms with Crippen LogP contribution in [0.15, 0.2) is 70.5 Å². The quantitative estimate of drug-likeness (QED) is 0.0643. The van der Waals surface area contributed by atoms with E-state index in [1.165, 1.54) is 97.1 Å². The van der Waals surface area contributed by atoms with Crippen LogP contribution < -0.4 is 0 Å². The fourth-order valence-electron chi connectivity index (χ4n) is 6.42. The van der Waals surface area contributed by atoms with Crippen LogP contribution in [0.25, 0.3) is 5.57 Å². The number of carbonyl (C=O) groups excluding carboxylic acids is 1. The lowest BCUT2D eigenvalue weighted by Gasteiger charge is -2.34. The highest BCUT2D eigenvalue weighted by Crippen LogP contribution is 2.47. The van der Waals surface area contributed by atoms with E-state index in [0.29, 0.717) is 13.0 Å². The number of allylic oxidation sites excluding steroid dienone is 2. The third-order valence-corrected chi connectivity index (χ3v) is 10.7. The summed E-state index contributed by atoms with van der Waals surface area (Å²) in [7, 11) is 0. The highest BCUT2D eigenvalue weighted by Gasteiger charge is 2.23. The third kappa shape index (κ3) is 12.9. The molecule has 2 aromatic carbocycles. The van der Waals surface area contributed by atoms with Gasteiger partial charge in [-0.1, -0.05) is 124 Å². The maximum Gasteiger partial charge on any atom is 0.305 e. The van der Waals surface area contributed by atoms with Crippen molar-refractivity contribution in [3.63, 3.8) is 0 Å².